The quantitative estimate of drug-likeness (QED) is 0.895. The van der Waals surface area contributed by atoms with Gasteiger partial charge in [0.1, 0.15) is 0 Å². The molecule has 1 aliphatic carbocycles. The summed E-state index contributed by atoms with van der Waals surface area (Å²) in [6.45, 7) is 8.23. The molecule has 0 aliphatic heterocycles. The number of amides is 2. The van der Waals surface area contributed by atoms with Gasteiger partial charge in [0.05, 0.1) is 12.1 Å². The van der Waals surface area contributed by atoms with Crippen molar-refractivity contribution in [1.82, 2.24) is 10.3 Å². The predicted octanol–water partition coefficient (Wildman–Crippen LogP) is 2.98. The van der Waals surface area contributed by atoms with E-state index in [9.17, 15) is 9.59 Å². The zero-order chi connectivity index (χ0) is 16.3. The first-order valence-electron chi connectivity index (χ1n) is 7.75. The van der Waals surface area contributed by atoms with E-state index in [4.69, 9.17) is 0 Å². The first-order chi connectivity index (χ1) is 10.2. The Balaban J connectivity index is 1.87. The zero-order valence-electron chi connectivity index (χ0n) is 13.7. The molecule has 122 valence electrons. The average Bonchev–Trinajstić information content (AvgIpc) is 2.71. The normalized spacial score (nSPS) is 23.8. The number of rotatable bonds is 4. The number of nitrogens with zero attached hydrogens (tertiary/aromatic N) is 1. The van der Waals surface area contributed by atoms with Crippen LogP contribution < -0.4 is 10.6 Å². The second-order valence-electron chi connectivity index (χ2n) is 7.18. The zero-order valence-corrected chi connectivity index (χ0v) is 14.5. The van der Waals surface area contributed by atoms with Crippen LogP contribution in [0.3, 0.4) is 0 Å². The lowest BCUT2D eigenvalue weighted by Gasteiger charge is -2.39. The van der Waals surface area contributed by atoms with Crippen molar-refractivity contribution >= 4 is 28.3 Å². The molecule has 22 heavy (non-hydrogen) atoms. The van der Waals surface area contributed by atoms with Crippen molar-refractivity contribution in [3.8, 4) is 0 Å². The molecule has 1 aliphatic rings. The van der Waals surface area contributed by atoms with Gasteiger partial charge in [-0.15, -0.1) is 11.3 Å². The molecular formula is C16H25N3O2S. The van der Waals surface area contributed by atoms with Gasteiger partial charge in [-0.3, -0.25) is 9.59 Å². The Morgan fingerprint density at radius 2 is 2.14 bits per heavy atom. The molecule has 5 nitrogen and oxygen atoms in total. The van der Waals surface area contributed by atoms with Gasteiger partial charge in [-0.1, -0.05) is 20.8 Å². The molecule has 2 unspecified atom stereocenters. The van der Waals surface area contributed by atoms with Crippen LogP contribution >= 0.6 is 11.3 Å². The summed E-state index contributed by atoms with van der Waals surface area (Å²) in [6.07, 6.45) is 3.55. The Hall–Kier alpha value is -1.43. The molecule has 0 radical (unpaired) electrons. The summed E-state index contributed by atoms with van der Waals surface area (Å²) in [4.78, 5) is 27.4. The van der Waals surface area contributed by atoms with Gasteiger partial charge in [-0.05, 0) is 30.6 Å². The first kappa shape index (κ1) is 16.9. The fourth-order valence-corrected chi connectivity index (χ4v) is 4.25. The van der Waals surface area contributed by atoms with Crippen molar-refractivity contribution in [2.24, 2.45) is 11.3 Å². The number of hydrogen-bond donors (Lipinski definition) is 2. The monoisotopic (exact) mass is 323 g/mol. The molecule has 2 amide bonds. The van der Waals surface area contributed by atoms with Crippen LogP contribution in [0.15, 0.2) is 5.38 Å². The van der Waals surface area contributed by atoms with Gasteiger partial charge in [-0.25, -0.2) is 4.98 Å². The van der Waals surface area contributed by atoms with Gasteiger partial charge in [0.25, 0.3) is 0 Å². The van der Waals surface area contributed by atoms with Crippen molar-refractivity contribution in [3.05, 3.63) is 11.1 Å². The highest BCUT2D eigenvalue weighted by Crippen LogP contribution is 2.38. The number of nitrogens with one attached hydrogen (secondary N) is 2. The third-order valence-corrected chi connectivity index (χ3v) is 4.73. The molecule has 0 aromatic carbocycles. The van der Waals surface area contributed by atoms with Gasteiger partial charge >= 0.3 is 0 Å². The molecule has 1 aromatic rings. The molecule has 2 N–H and O–H groups in total. The Kier molecular flexibility index (Phi) is 5.21. The third kappa shape index (κ3) is 5.09. The highest BCUT2D eigenvalue weighted by Gasteiger charge is 2.32. The van der Waals surface area contributed by atoms with Crippen LogP contribution in [0.5, 0.6) is 0 Å². The molecule has 1 fully saturated rings. The second kappa shape index (κ2) is 6.77. The fraction of sp³-hybridized carbons (Fsp3) is 0.688. The minimum atomic E-state index is -0.149. The van der Waals surface area contributed by atoms with Crippen molar-refractivity contribution in [3.63, 3.8) is 0 Å². The van der Waals surface area contributed by atoms with Crippen LogP contribution in [-0.4, -0.2) is 22.8 Å². The molecular weight excluding hydrogens is 298 g/mol. The summed E-state index contributed by atoms with van der Waals surface area (Å²) in [5.41, 5.74) is 0.990. The van der Waals surface area contributed by atoms with Crippen molar-refractivity contribution < 1.29 is 9.59 Å². The highest BCUT2D eigenvalue weighted by molar-refractivity contribution is 7.13. The second-order valence-corrected chi connectivity index (χ2v) is 8.04. The van der Waals surface area contributed by atoms with Gasteiger partial charge in [0, 0.05) is 18.3 Å². The van der Waals surface area contributed by atoms with Gasteiger partial charge < -0.3 is 10.6 Å². The number of hydrogen-bond acceptors (Lipinski definition) is 4. The number of carbonyl (C=O) groups excluding carboxylic acids is 2. The van der Waals surface area contributed by atoms with Gasteiger partial charge in [0.2, 0.25) is 11.8 Å². The molecule has 2 rings (SSSR count). The van der Waals surface area contributed by atoms with Crippen molar-refractivity contribution in [1.29, 1.82) is 0 Å². The van der Waals surface area contributed by atoms with E-state index >= 15 is 0 Å². The van der Waals surface area contributed by atoms with Crippen molar-refractivity contribution in [2.75, 3.05) is 5.32 Å². The van der Waals surface area contributed by atoms with Crippen LogP contribution in [0.25, 0.3) is 0 Å². The maximum atomic E-state index is 12.2. The largest absolute Gasteiger partial charge is 0.353 e. The summed E-state index contributed by atoms with van der Waals surface area (Å²) in [5.74, 6) is 0.498. The summed E-state index contributed by atoms with van der Waals surface area (Å²) in [5, 5.41) is 8.14. The van der Waals surface area contributed by atoms with Crippen LogP contribution in [0.4, 0.5) is 5.13 Å². The standard InChI is InChI=1S/C16H25N3O2S/c1-10-5-12(8-16(3,4)7-10)18-14(21)6-13-9-22-15(19-13)17-11(2)20/h9-10,12H,5-8H2,1-4H3,(H,18,21)(H,17,19,20). The fourth-order valence-electron chi connectivity index (χ4n) is 3.50. The maximum Gasteiger partial charge on any atom is 0.226 e. The van der Waals surface area contributed by atoms with Gasteiger partial charge in [0.15, 0.2) is 5.13 Å². The Morgan fingerprint density at radius 3 is 2.77 bits per heavy atom. The molecule has 0 spiro atoms. The van der Waals surface area contributed by atoms with E-state index in [1.807, 2.05) is 5.38 Å². The van der Waals surface area contributed by atoms with Crippen LogP contribution in [0.1, 0.15) is 52.7 Å². The Morgan fingerprint density at radius 1 is 1.41 bits per heavy atom. The third-order valence-electron chi connectivity index (χ3n) is 3.93. The molecule has 1 aromatic heterocycles. The van der Waals surface area contributed by atoms with Gasteiger partial charge in [-0.2, -0.15) is 0 Å². The molecule has 1 heterocycles. The summed E-state index contributed by atoms with van der Waals surface area (Å²) in [6, 6.07) is 0.250. The summed E-state index contributed by atoms with van der Waals surface area (Å²) >= 11 is 1.34. The van der Waals surface area contributed by atoms with Crippen LogP contribution in [0, 0.1) is 11.3 Å². The van der Waals surface area contributed by atoms with E-state index in [2.05, 4.69) is 36.4 Å². The maximum absolute atomic E-state index is 12.2. The number of anilines is 1. The lowest BCUT2D eigenvalue weighted by Crippen LogP contribution is -2.43. The summed E-state index contributed by atoms with van der Waals surface area (Å²) < 4.78 is 0. The highest BCUT2D eigenvalue weighted by atomic mass is 32.1. The lowest BCUT2D eigenvalue weighted by atomic mass is 9.70. The topological polar surface area (TPSA) is 71.1 Å². The predicted molar refractivity (Wildman–Crippen MR) is 88.8 cm³/mol. The minimum absolute atomic E-state index is 0.00887. The van der Waals surface area contributed by atoms with E-state index in [1.165, 1.54) is 24.7 Å². The molecule has 0 bridgehead atoms. The van der Waals surface area contributed by atoms with E-state index < -0.39 is 0 Å². The lowest BCUT2D eigenvalue weighted by molar-refractivity contribution is -0.121. The minimum Gasteiger partial charge on any atom is -0.353 e. The van der Waals surface area contributed by atoms with E-state index in [-0.39, 0.29) is 29.7 Å². The first-order valence-corrected chi connectivity index (χ1v) is 8.63. The Labute approximate surface area is 135 Å². The average molecular weight is 323 g/mol. The summed E-state index contributed by atoms with van der Waals surface area (Å²) in [7, 11) is 0. The SMILES string of the molecule is CC(=O)Nc1nc(CC(=O)NC2CC(C)CC(C)(C)C2)cs1. The molecule has 1 saturated carbocycles. The number of carbonyl (C=O) groups is 2. The van der Waals surface area contributed by atoms with Crippen molar-refractivity contribution in [2.45, 2.75) is 59.4 Å². The number of aromatic nitrogens is 1. The molecule has 2 atom stereocenters. The van der Waals surface area contributed by atoms with E-state index in [1.54, 1.807) is 0 Å². The molecule has 0 saturated heterocycles. The van der Waals surface area contributed by atoms with E-state index in [0.29, 0.717) is 16.7 Å². The Bertz CT molecular complexity index is 553. The smallest absolute Gasteiger partial charge is 0.226 e. The van der Waals surface area contributed by atoms with Crippen LogP contribution in [0.2, 0.25) is 0 Å². The number of thiazole rings is 1. The van der Waals surface area contributed by atoms with Crippen LogP contribution in [-0.2, 0) is 16.0 Å². The molecule has 6 heteroatoms. The van der Waals surface area contributed by atoms with E-state index in [0.717, 1.165) is 12.8 Å².